The van der Waals surface area contributed by atoms with Crippen molar-refractivity contribution >= 4 is 11.9 Å². The number of carbonyl (C=O) groups excluding carboxylic acids is 1. The van der Waals surface area contributed by atoms with Gasteiger partial charge < -0.3 is 24.3 Å². The third-order valence-electron chi connectivity index (χ3n) is 6.32. The number of hydrogen-bond donors (Lipinski definition) is 1. The van der Waals surface area contributed by atoms with Crippen LogP contribution >= 0.6 is 0 Å². The van der Waals surface area contributed by atoms with Crippen LogP contribution in [0.3, 0.4) is 0 Å². The van der Waals surface area contributed by atoms with Crippen molar-refractivity contribution in [3.8, 4) is 11.5 Å². The predicted molar refractivity (Wildman–Crippen MR) is 138 cm³/mol. The largest absolute Gasteiger partial charge is 0.497 e. The van der Waals surface area contributed by atoms with E-state index in [9.17, 15) is 24.8 Å². The van der Waals surface area contributed by atoms with Crippen LogP contribution < -0.4 is 9.47 Å². The third-order valence-corrected chi connectivity index (χ3v) is 6.32. The van der Waals surface area contributed by atoms with Crippen LogP contribution in [0.25, 0.3) is 0 Å². The van der Waals surface area contributed by atoms with Gasteiger partial charge in [0.2, 0.25) is 0 Å². The van der Waals surface area contributed by atoms with Crippen molar-refractivity contribution in [1.29, 1.82) is 0 Å². The molecule has 11 nitrogen and oxygen atoms in total. The average Bonchev–Trinajstić information content (AvgIpc) is 2.87. The van der Waals surface area contributed by atoms with Crippen molar-refractivity contribution in [1.82, 2.24) is 5.06 Å². The minimum absolute atomic E-state index is 0.00181. The summed E-state index contributed by atoms with van der Waals surface area (Å²) in [5.74, 6) is -1.13. The van der Waals surface area contributed by atoms with Crippen molar-refractivity contribution < 1.29 is 38.9 Å². The number of rotatable bonds is 17. The molecule has 0 spiro atoms. The summed E-state index contributed by atoms with van der Waals surface area (Å²) < 4.78 is 11.4. The number of hydrogen-bond acceptors (Lipinski definition) is 9. The van der Waals surface area contributed by atoms with E-state index >= 15 is 0 Å². The van der Waals surface area contributed by atoms with Crippen LogP contribution in [-0.2, 0) is 32.1 Å². The first-order valence-electron chi connectivity index (χ1n) is 12.3. The fraction of sp³-hybridized carbons (Fsp3) is 0.481. The van der Waals surface area contributed by atoms with Gasteiger partial charge >= 0.3 is 11.9 Å². The lowest BCUT2D eigenvalue weighted by atomic mass is 9.70. The highest BCUT2D eigenvalue weighted by atomic mass is 16.9. The Kier molecular flexibility index (Phi) is 11.8. The first kappa shape index (κ1) is 30.4. The van der Waals surface area contributed by atoms with Crippen LogP contribution in [0.4, 0.5) is 0 Å². The Morgan fingerprint density at radius 1 is 1.13 bits per heavy atom. The molecule has 2 aromatic rings. The summed E-state index contributed by atoms with van der Waals surface area (Å²) in [6.07, 6.45) is 1.00. The van der Waals surface area contributed by atoms with E-state index in [-0.39, 0.29) is 26.1 Å². The summed E-state index contributed by atoms with van der Waals surface area (Å²) in [7, 11) is 4.65. The number of aryl methyl sites for hydroxylation is 2. The number of hydroxylamine groups is 2. The molecule has 2 atom stereocenters. The first-order chi connectivity index (χ1) is 18.1. The lowest BCUT2D eigenvalue weighted by molar-refractivity contribution is -0.757. The van der Waals surface area contributed by atoms with Crippen molar-refractivity contribution in [2.45, 2.75) is 39.0 Å². The van der Waals surface area contributed by atoms with Gasteiger partial charge in [-0.2, -0.15) is 0 Å². The Morgan fingerprint density at radius 2 is 1.87 bits per heavy atom. The Labute approximate surface area is 222 Å². The smallest absolute Gasteiger partial charge is 0.332 e. The van der Waals surface area contributed by atoms with Crippen molar-refractivity contribution in [3.05, 3.63) is 69.8 Å². The molecule has 0 aromatic heterocycles. The van der Waals surface area contributed by atoms with E-state index in [0.717, 1.165) is 23.3 Å². The highest BCUT2D eigenvalue weighted by molar-refractivity contribution is 5.83. The van der Waals surface area contributed by atoms with Gasteiger partial charge in [0.25, 0.3) is 5.09 Å². The van der Waals surface area contributed by atoms with Gasteiger partial charge in [-0.3, -0.25) is 4.79 Å². The molecule has 0 radical (unpaired) electrons. The molecule has 0 aliphatic carbocycles. The maximum atomic E-state index is 13.2. The second kappa shape index (κ2) is 14.8. The second-order valence-corrected chi connectivity index (χ2v) is 9.25. The van der Waals surface area contributed by atoms with Crippen molar-refractivity contribution in [2.24, 2.45) is 11.3 Å². The van der Waals surface area contributed by atoms with Gasteiger partial charge in [-0.05, 0) is 55.0 Å². The summed E-state index contributed by atoms with van der Waals surface area (Å²) in [5, 5.41) is 20.5. The molecule has 0 amide bonds. The van der Waals surface area contributed by atoms with Crippen LogP contribution in [0.2, 0.25) is 0 Å². The van der Waals surface area contributed by atoms with Crippen molar-refractivity contribution in [2.75, 3.05) is 34.4 Å². The number of ether oxygens (including phenoxy) is 2. The number of para-hydroxylation sites is 1. The number of benzene rings is 2. The van der Waals surface area contributed by atoms with Crippen LogP contribution in [0.1, 0.15) is 37.3 Å². The molecule has 2 aromatic carbocycles. The molecule has 0 aliphatic rings. The number of aliphatic carboxylic acids is 1. The van der Waals surface area contributed by atoms with E-state index < -0.39 is 34.8 Å². The SMILES string of the molecule is COc1cccc(CCc2ccccc2OCC(C)C(CCCO[N+](=O)[O-])(CC(=O)O)C(=O)ON(C)C)c1. The minimum Gasteiger partial charge on any atom is -0.497 e. The fourth-order valence-corrected chi connectivity index (χ4v) is 4.27. The summed E-state index contributed by atoms with van der Waals surface area (Å²) in [4.78, 5) is 45.3. The van der Waals surface area contributed by atoms with E-state index in [1.54, 1.807) is 14.0 Å². The minimum atomic E-state index is -1.49. The quantitative estimate of drug-likeness (QED) is 0.181. The van der Waals surface area contributed by atoms with Crippen LogP contribution in [-0.4, -0.2) is 61.6 Å². The van der Waals surface area contributed by atoms with Gasteiger partial charge in [-0.15, -0.1) is 15.2 Å². The lowest BCUT2D eigenvalue weighted by Gasteiger charge is -2.36. The number of nitrogens with zero attached hydrogens (tertiary/aromatic N) is 2. The van der Waals surface area contributed by atoms with Crippen LogP contribution in [0, 0.1) is 21.4 Å². The maximum Gasteiger partial charge on any atom is 0.332 e. The molecular weight excluding hydrogens is 496 g/mol. The molecule has 1 N–H and O–H groups in total. The highest BCUT2D eigenvalue weighted by Gasteiger charge is 2.47. The summed E-state index contributed by atoms with van der Waals surface area (Å²) >= 11 is 0. The molecule has 208 valence electrons. The number of methoxy groups -OCH3 is 1. The molecule has 11 heteroatoms. The second-order valence-electron chi connectivity index (χ2n) is 9.25. The van der Waals surface area contributed by atoms with E-state index in [4.69, 9.17) is 14.3 Å². The maximum absolute atomic E-state index is 13.2. The van der Waals surface area contributed by atoms with Gasteiger partial charge in [0, 0.05) is 20.0 Å². The Hall–Kier alpha value is -3.86. The molecule has 0 saturated carbocycles. The molecule has 0 bridgehead atoms. The summed E-state index contributed by atoms with van der Waals surface area (Å²) in [5.41, 5.74) is 0.573. The molecule has 0 saturated heterocycles. The third kappa shape index (κ3) is 9.22. The Bertz CT molecular complexity index is 1080. The summed E-state index contributed by atoms with van der Waals surface area (Å²) in [6, 6.07) is 15.4. The zero-order valence-corrected chi connectivity index (χ0v) is 22.3. The number of carbonyl (C=O) groups is 2. The normalized spacial score (nSPS) is 13.3. The standard InChI is InChI=1S/C27H36N2O9/c1-20(27(18-25(30)31,26(32)38-28(2)3)15-8-16-37-29(33)34)19-36-24-12-6-5-10-22(24)14-13-21-9-7-11-23(17-21)35-4/h5-7,9-12,17,20H,8,13-16,18-19H2,1-4H3,(H,30,31). The van der Waals surface area contributed by atoms with Crippen LogP contribution in [0.15, 0.2) is 48.5 Å². The lowest BCUT2D eigenvalue weighted by Crippen LogP contribution is -2.45. The van der Waals surface area contributed by atoms with E-state index in [1.165, 1.54) is 19.2 Å². The average molecular weight is 533 g/mol. The number of carboxylic acids is 1. The van der Waals surface area contributed by atoms with E-state index in [1.807, 2.05) is 48.5 Å². The van der Waals surface area contributed by atoms with Gasteiger partial charge in [-0.25, -0.2) is 4.79 Å². The first-order valence-corrected chi connectivity index (χ1v) is 12.3. The van der Waals surface area contributed by atoms with E-state index in [0.29, 0.717) is 12.2 Å². The highest BCUT2D eigenvalue weighted by Crippen LogP contribution is 2.39. The van der Waals surface area contributed by atoms with Gasteiger partial charge in [0.05, 0.1) is 32.2 Å². The van der Waals surface area contributed by atoms with Gasteiger partial charge in [-0.1, -0.05) is 37.3 Å². The van der Waals surface area contributed by atoms with Crippen molar-refractivity contribution in [3.63, 3.8) is 0 Å². The molecule has 2 rings (SSSR count). The molecule has 38 heavy (non-hydrogen) atoms. The zero-order chi connectivity index (χ0) is 28.1. The molecule has 0 aliphatic heterocycles. The zero-order valence-electron chi connectivity index (χ0n) is 22.3. The number of carboxylic acid groups (broad SMARTS) is 1. The van der Waals surface area contributed by atoms with E-state index in [2.05, 4.69) is 4.84 Å². The van der Waals surface area contributed by atoms with Gasteiger partial charge in [0.15, 0.2) is 0 Å². The molecule has 2 unspecified atom stereocenters. The molecule has 0 fully saturated rings. The van der Waals surface area contributed by atoms with Crippen LogP contribution in [0.5, 0.6) is 11.5 Å². The topological polar surface area (TPSA) is 138 Å². The predicted octanol–water partition coefficient (Wildman–Crippen LogP) is 3.96. The Balaban J connectivity index is 2.21. The fourth-order valence-electron chi connectivity index (χ4n) is 4.27. The Morgan fingerprint density at radius 3 is 2.53 bits per heavy atom. The molecular formula is C27H36N2O9. The van der Waals surface area contributed by atoms with Gasteiger partial charge in [0.1, 0.15) is 11.5 Å². The molecule has 0 heterocycles. The summed E-state index contributed by atoms with van der Waals surface area (Å²) in [6.45, 7) is 1.47. The monoisotopic (exact) mass is 532 g/mol.